The molecule has 0 aromatic rings. The van der Waals surface area contributed by atoms with Crippen molar-refractivity contribution in [3.63, 3.8) is 0 Å². The first kappa shape index (κ1) is 10.6. The van der Waals surface area contributed by atoms with Crippen molar-refractivity contribution in [1.82, 2.24) is 0 Å². The second-order valence-electron chi connectivity index (χ2n) is 7.14. The lowest BCUT2D eigenvalue weighted by molar-refractivity contribution is -0.146. The highest BCUT2D eigenvalue weighted by atomic mass is 16.1. The van der Waals surface area contributed by atoms with Crippen molar-refractivity contribution in [3.05, 3.63) is 11.1 Å². The molecule has 0 unspecified atom stereocenters. The minimum Gasteiger partial charge on any atom is -0.299 e. The Balaban J connectivity index is 2.10. The van der Waals surface area contributed by atoms with Crippen LogP contribution >= 0.6 is 0 Å². The molecule has 4 atom stereocenters. The number of allylic oxidation sites excluding steroid dienone is 2. The van der Waals surface area contributed by atoms with Gasteiger partial charge in [-0.2, -0.15) is 0 Å². The minimum atomic E-state index is 0.00532. The quantitative estimate of drug-likeness (QED) is 0.566. The van der Waals surface area contributed by atoms with Crippen LogP contribution in [-0.2, 0) is 4.79 Å². The molecule has 0 radical (unpaired) electrons. The Hall–Kier alpha value is -0.590. The Morgan fingerprint density at radius 2 is 2.00 bits per heavy atom. The Bertz CT molecular complexity index is 402. The van der Waals surface area contributed by atoms with E-state index in [1.54, 1.807) is 5.57 Å². The Morgan fingerprint density at radius 3 is 2.56 bits per heavy atom. The number of hydrogen-bond donors (Lipinski definition) is 0. The van der Waals surface area contributed by atoms with E-state index in [4.69, 9.17) is 0 Å². The van der Waals surface area contributed by atoms with E-state index in [9.17, 15) is 4.79 Å². The van der Waals surface area contributed by atoms with Crippen LogP contribution in [0.3, 0.4) is 0 Å². The molecule has 0 aliphatic heterocycles. The number of rotatable bonds is 0. The van der Waals surface area contributed by atoms with Gasteiger partial charge in [-0.3, -0.25) is 4.79 Å². The van der Waals surface area contributed by atoms with E-state index < -0.39 is 0 Å². The van der Waals surface area contributed by atoms with E-state index in [1.807, 2.05) is 0 Å². The van der Waals surface area contributed by atoms with Crippen molar-refractivity contribution >= 4 is 5.78 Å². The van der Waals surface area contributed by atoms with Crippen LogP contribution in [0.25, 0.3) is 0 Å². The highest BCUT2D eigenvalue weighted by Gasteiger charge is 2.62. The fraction of sp³-hybridized carbons (Fsp3) is 0.800. The van der Waals surface area contributed by atoms with Gasteiger partial charge >= 0.3 is 0 Å². The first-order valence-electron chi connectivity index (χ1n) is 6.55. The molecule has 0 amide bonds. The summed E-state index contributed by atoms with van der Waals surface area (Å²) in [5.41, 5.74) is 3.63. The van der Waals surface area contributed by atoms with Crippen LogP contribution in [0.5, 0.6) is 0 Å². The molecule has 4 aliphatic carbocycles. The SMILES string of the molecule is CC(C)=C1C[C@]2(C)C[C@]3(C)C[C@@H]1[C@H]2CC3=O. The molecule has 0 heterocycles. The number of hydrogen-bond acceptors (Lipinski definition) is 1. The van der Waals surface area contributed by atoms with Gasteiger partial charge in [0.2, 0.25) is 0 Å². The molecule has 1 nitrogen and oxygen atoms in total. The van der Waals surface area contributed by atoms with E-state index >= 15 is 0 Å². The number of fused-ring (bicyclic) bond motifs is 1. The van der Waals surface area contributed by atoms with Crippen LogP contribution in [0, 0.1) is 22.7 Å². The average Bonchev–Trinajstić information content (AvgIpc) is 2.37. The third-order valence-electron chi connectivity index (χ3n) is 5.61. The van der Waals surface area contributed by atoms with Crippen LogP contribution in [0.1, 0.15) is 53.4 Å². The predicted octanol–water partition coefficient (Wildman–Crippen LogP) is 3.74. The van der Waals surface area contributed by atoms with Crippen LogP contribution in [0.4, 0.5) is 0 Å². The molecule has 4 saturated carbocycles. The molecule has 0 aromatic heterocycles. The first-order chi connectivity index (χ1) is 7.36. The highest BCUT2D eigenvalue weighted by Crippen LogP contribution is 2.68. The Kier molecular flexibility index (Phi) is 1.85. The van der Waals surface area contributed by atoms with Gasteiger partial charge in [-0.05, 0) is 50.4 Å². The molecular formula is C15H22O. The Labute approximate surface area is 98.3 Å². The van der Waals surface area contributed by atoms with Crippen LogP contribution < -0.4 is 0 Å². The first-order valence-corrected chi connectivity index (χ1v) is 6.55. The van der Waals surface area contributed by atoms with Crippen molar-refractivity contribution in [2.45, 2.75) is 53.4 Å². The molecule has 0 spiro atoms. The standard InChI is InChI=1S/C15H22O/c1-9(2)10-6-14(3)8-15(4)7-11(10)12(14)5-13(15)16/h11-12H,5-8H2,1-4H3/t11-,12+,14+,15-/m0/s1. The molecule has 0 saturated heterocycles. The van der Waals surface area contributed by atoms with Gasteiger partial charge in [0.25, 0.3) is 0 Å². The van der Waals surface area contributed by atoms with E-state index in [-0.39, 0.29) is 5.41 Å². The summed E-state index contributed by atoms with van der Waals surface area (Å²) >= 11 is 0. The van der Waals surface area contributed by atoms with E-state index in [1.165, 1.54) is 12.0 Å². The monoisotopic (exact) mass is 218 g/mol. The second kappa shape index (κ2) is 2.80. The maximum Gasteiger partial charge on any atom is 0.139 e. The summed E-state index contributed by atoms with van der Waals surface area (Å²) in [6, 6.07) is 0. The van der Waals surface area contributed by atoms with Gasteiger partial charge < -0.3 is 0 Å². The molecule has 16 heavy (non-hydrogen) atoms. The second-order valence-corrected chi connectivity index (χ2v) is 7.14. The lowest BCUT2D eigenvalue weighted by atomic mass is 9.50. The van der Waals surface area contributed by atoms with Crippen molar-refractivity contribution in [3.8, 4) is 0 Å². The lowest BCUT2D eigenvalue weighted by Gasteiger charge is -2.52. The van der Waals surface area contributed by atoms with E-state index in [2.05, 4.69) is 27.7 Å². The molecule has 4 aliphatic rings. The molecule has 4 fully saturated rings. The molecule has 1 heteroatoms. The topological polar surface area (TPSA) is 17.1 Å². The van der Waals surface area contributed by atoms with Crippen LogP contribution in [0.2, 0.25) is 0 Å². The molecule has 88 valence electrons. The van der Waals surface area contributed by atoms with Gasteiger partial charge in [-0.15, -0.1) is 0 Å². The summed E-state index contributed by atoms with van der Waals surface area (Å²) in [7, 11) is 0. The summed E-state index contributed by atoms with van der Waals surface area (Å²) in [6.07, 6.45) is 4.38. The van der Waals surface area contributed by atoms with Gasteiger partial charge in [0.05, 0.1) is 0 Å². The van der Waals surface area contributed by atoms with Gasteiger partial charge in [0.15, 0.2) is 0 Å². The van der Waals surface area contributed by atoms with Gasteiger partial charge in [-0.1, -0.05) is 25.0 Å². The summed E-state index contributed by atoms with van der Waals surface area (Å²) < 4.78 is 0. The maximum absolute atomic E-state index is 12.1. The highest BCUT2D eigenvalue weighted by molar-refractivity contribution is 5.87. The fourth-order valence-corrected chi connectivity index (χ4v) is 4.93. The minimum absolute atomic E-state index is 0.00532. The van der Waals surface area contributed by atoms with Gasteiger partial charge in [0.1, 0.15) is 5.78 Å². The normalized spacial score (nSPS) is 50.0. The zero-order valence-corrected chi connectivity index (χ0v) is 10.9. The average molecular weight is 218 g/mol. The van der Waals surface area contributed by atoms with Crippen LogP contribution in [-0.4, -0.2) is 5.78 Å². The lowest BCUT2D eigenvalue weighted by Crippen LogP contribution is -2.50. The molecule has 4 bridgehead atoms. The van der Waals surface area contributed by atoms with Crippen molar-refractivity contribution < 1.29 is 4.79 Å². The Morgan fingerprint density at radius 1 is 1.31 bits per heavy atom. The summed E-state index contributed by atoms with van der Waals surface area (Å²) in [5.74, 6) is 1.93. The maximum atomic E-state index is 12.1. The number of Topliss-reactive ketones (excluding diaryl/α,β-unsaturated/α-hetero) is 1. The number of carbonyl (C=O) groups is 1. The third kappa shape index (κ3) is 1.10. The fourth-order valence-electron chi connectivity index (χ4n) is 4.93. The van der Waals surface area contributed by atoms with Crippen molar-refractivity contribution in [1.29, 1.82) is 0 Å². The number of carbonyl (C=O) groups excluding carboxylic acids is 1. The largest absolute Gasteiger partial charge is 0.299 e. The zero-order valence-electron chi connectivity index (χ0n) is 10.9. The summed E-state index contributed by atoms with van der Waals surface area (Å²) in [5, 5.41) is 0. The van der Waals surface area contributed by atoms with Crippen LogP contribution in [0.15, 0.2) is 11.1 Å². The van der Waals surface area contributed by atoms with E-state index in [0.29, 0.717) is 17.1 Å². The molecule has 0 aromatic carbocycles. The van der Waals surface area contributed by atoms with Gasteiger partial charge in [0, 0.05) is 11.8 Å². The van der Waals surface area contributed by atoms with Crippen molar-refractivity contribution in [2.24, 2.45) is 22.7 Å². The summed E-state index contributed by atoms with van der Waals surface area (Å²) in [6.45, 7) is 9.13. The van der Waals surface area contributed by atoms with Crippen molar-refractivity contribution in [2.75, 3.05) is 0 Å². The van der Waals surface area contributed by atoms with Gasteiger partial charge in [-0.25, -0.2) is 0 Å². The number of ketones is 1. The smallest absolute Gasteiger partial charge is 0.139 e. The molecular weight excluding hydrogens is 196 g/mol. The summed E-state index contributed by atoms with van der Waals surface area (Å²) in [4.78, 5) is 12.1. The van der Waals surface area contributed by atoms with E-state index in [0.717, 1.165) is 25.2 Å². The predicted molar refractivity (Wildman–Crippen MR) is 65.0 cm³/mol. The molecule has 0 N–H and O–H groups in total. The third-order valence-corrected chi connectivity index (χ3v) is 5.61. The zero-order chi connectivity index (χ0) is 11.7. The molecule has 4 rings (SSSR count).